The van der Waals surface area contributed by atoms with Crippen molar-refractivity contribution in [3.8, 4) is 0 Å². The lowest BCUT2D eigenvalue weighted by Crippen LogP contribution is -2.04. The molecule has 0 heterocycles. The third-order valence-electron chi connectivity index (χ3n) is 0.540. The van der Waals surface area contributed by atoms with Crippen molar-refractivity contribution in [2.75, 3.05) is 26.4 Å². The number of rotatable bonds is 5. The molecule has 0 aromatic heterocycles. The fraction of sp³-hybridized carbons (Fsp3) is 1.00. The smallest absolute Gasteiger partial charge is 0.111 e. The molecule has 0 saturated carbocycles. The van der Waals surface area contributed by atoms with Crippen LogP contribution >= 0.6 is 0 Å². The molecule has 0 rings (SSSR count). The minimum atomic E-state index is -0.0694. The van der Waals surface area contributed by atoms with Crippen molar-refractivity contribution in [3.63, 3.8) is 0 Å². The molecule has 0 aliphatic heterocycles. The van der Waals surface area contributed by atoms with Gasteiger partial charge in [-0.2, -0.15) is 4.94 Å². The van der Waals surface area contributed by atoms with Gasteiger partial charge in [0.15, 0.2) is 0 Å². The van der Waals surface area contributed by atoms with Crippen LogP contribution in [0.4, 0.5) is 4.53 Å². The van der Waals surface area contributed by atoms with Gasteiger partial charge in [0.1, 0.15) is 6.61 Å². The highest BCUT2D eigenvalue weighted by molar-refractivity contribution is 4.25. The summed E-state index contributed by atoms with van der Waals surface area (Å²) in [6, 6.07) is 0. The lowest BCUT2D eigenvalue weighted by Gasteiger charge is -1.95. The molecule has 0 saturated heterocycles. The van der Waals surface area contributed by atoms with Gasteiger partial charge in [-0.15, -0.1) is 0 Å². The number of aliphatic hydroxyl groups is 1. The maximum absolute atomic E-state index is 10.8. The largest absolute Gasteiger partial charge is 0.394 e. The Hall–Kier alpha value is -0.190. The molecule has 0 unspecified atom stereocenters. The van der Waals surface area contributed by atoms with Crippen molar-refractivity contribution in [3.05, 3.63) is 0 Å². The van der Waals surface area contributed by atoms with E-state index in [-0.39, 0.29) is 26.4 Å². The van der Waals surface area contributed by atoms with E-state index in [1.165, 1.54) is 0 Å². The van der Waals surface area contributed by atoms with E-state index in [4.69, 9.17) is 5.11 Å². The van der Waals surface area contributed by atoms with Crippen LogP contribution in [0.5, 0.6) is 0 Å². The summed E-state index contributed by atoms with van der Waals surface area (Å²) in [7, 11) is 0. The fourth-order valence-corrected chi connectivity index (χ4v) is 0.257. The standard InChI is InChI=1S/C4H9FO3/c5-8-4-3-7-2-1-6/h6H,1-4H2. The number of aliphatic hydroxyl groups excluding tert-OH is 1. The molecule has 0 radical (unpaired) electrons. The van der Waals surface area contributed by atoms with Crippen molar-refractivity contribution in [1.82, 2.24) is 0 Å². The van der Waals surface area contributed by atoms with E-state index in [9.17, 15) is 4.53 Å². The van der Waals surface area contributed by atoms with Gasteiger partial charge >= 0.3 is 0 Å². The van der Waals surface area contributed by atoms with Crippen molar-refractivity contribution < 1.29 is 19.3 Å². The first kappa shape index (κ1) is 7.81. The summed E-state index contributed by atoms with van der Waals surface area (Å²) in [6.07, 6.45) is 0. The summed E-state index contributed by atoms with van der Waals surface area (Å²) in [5, 5.41) is 8.11. The second-order valence-electron chi connectivity index (χ2n) is 1.15. The zero-order valence-electron chi connectivity index (χ0n) is 4.47. The summed E-state index contributed by atoms with van der Waals surface area (Å²) in [6.45, 7) is 0.326. The zero-order chi connectivity index (χ0) is 6.24. The normalized spacial score (nSPS) is 9.75. The summed E-state index contributed by atoms with van der Waals surface area (Å²) in [5.41, 5.74) is 0. The first-order valence-corrected chi connectivity index (χ1v) is 2.34. The highest BCUT2D eigenvalue weighted by Crippen LogP contribution is 1.75. The van der Waals surface area contributed by atoms with Crippen LogP contribution in [0.25, 0.3) is 0 Å². The van der Waals surface area contributed by atoms with Gasteiger partial charge in [-0.3, -0.25) is 0 Å². The van der Waals surface area contributed by atoms with Crippen molar-refractivity contribution >= 4 is 0 Å². The highest BCUT2D eigenvalue weighted by Gasteiger charge is 1.84. The molecule has 0 aromatic rings. The molecule has 0 aliphatic carbocycles. The molecular weight excluding hydrogens is 115 g/mol. The molecule has 0 fully saturated rings. The van der Waals surface area contributed by atoms with E-state index in [0.717, 1.165) is 0 Å². The Bertz CT molecular complexity index is 36.3. The van der Waals surface area contributed by atoms with E-state index in [1.807, 2.05) is 0 Å². The molecule has 3 nitrogen and oxygen atoms in total. The number of hydrogen-bond donors (Lipinski definition) is 1. The van der Waals surface area contributed by atoms with Gasteiger partial charge in [0.2, 0.25) is 0 Å². The summed E-state index contributed by atoms with van der Waals surface area (Å²) in [4.78, 5) is 3.18. The lowest BCUT2D eigenvalue weighted by molar-refractivity contribution is -0.146. The molecule has 8 heavy (non-hydrogen) atoms. The monoisotopic (exact) mass is 124 g/mol. The minimum Gasteiger partial charge on any atom is -0.394 e. The summed E-state index contributed by atoms with van der Waals surface area (Å²) >= 11 is 0. The van der Waals surface area contributed by atoms with Crippen LogP contribution in [0.15, 0.2) is 0 Å². The maximum atomic E-state index is 10.8. The van der Waals surface area contributed by atoms with E-state index in [1.54, 1.807) is 0 Å². The third-order valence-corrected chi connectivity index (χ3v) is 0.540. The molecule has 0 aromatic carbocycles. The highest BCUT2D eigenvalue weighted by atomic mass is 19.3. The minimum absolute atomic E-state index is 0.0354. The first-order chi connectivity index (χ1) is 3.91. The van der Waals surface area contributed by atoms with Crippen LogP contribution in [-0.2, 0) is 9.68 Å². The topological polar surface area (TPSA) is 38.7 Å². The van der Waals surface area contributed by atoms with Gasteiger partial charge in [0, 0.05) is 0 Å². The number of ether oxygens (including phenoxy) is 1. The molecule has 4 heteroatoms. The Balaban J connectivity index is 2.53. The summed E-state index contributed by atoms with van der Waals surface area (Å²) < 4.78 is 15.4. The van der Waals surface area contributed by atoms with E-state index in [0.29, 0.717) is 0 Å². The second kappa shape index (κ2) is 6.81. The molecule has 0 amide bonds. The Morgan fingerprint density at radius 3 is 2.50 bits per heavy atom. The SMILES string of the molecule is OCCOCCOF. The lowest BCUT2D eigenvalue weighted by atomic mass is 10.7. The van der Waals surface area contributed by atoms with Gasteiger partial charge in [-0.05, 0) is 4.53 Å². The molecule has 0 aliphatic rings. The molecule has 0 bridgehead atoms. The van der Waals surface area contributed by atoms with Crippen molar-refractivity contribution in [1.29, 1.82) is 0 Å². The van der Waals surface area contributed by atoms with Gasteiger partial charge in [0.05, 0.1) is 19.8 Å². The van der Waals surface area contributed by atoms with Gasteiger partial charge < -0.3 is 9.84 Å². The van der Waals surface area contributed by atoms with Crippen LogP contribution in [0, 0.1) is 0 Å². The van der Waals surface area contributed by atoms with Crippen molar-refractivity contribution in [2.24, 2.45) is 0 Å². The van der Waals surface area contributed by atoms with Crippen LogP contribution in [0.1, 0.15) is 0 Å². The van der Waals surface area contributed by atoms with Crippen LogP contribution < -0.4 is 0 Å². The van der Waals surface area contributed by atoms with Crippen LogP contribution in [0.3, 0.4) is 0 Å². The molecule has 0 atom stereocenters. The third kappa shape index (κ3) is 5.81. The molecule has 0 spiro atoms. The van der Waals surface area contributed by atoms with E-state index < -0.39 is 0 Å². The number of hydrogen-bond acceptors (Lipinski definition) is 3. The maximum Gasteiger partial charge on any atom is 0.111 e. The zero-order valence-corrected chi connectivity index (χ0v) is 4.47. The Labute approximate surface area is 46.9 Å². The van der Waals surface area contributed by atoms with Crippen LogP contribution in [-0.4, -0.2) is 31.5 Å². The molecule has 50 valence electrons. The van der Waals surface area contributed by atoms with E-state index >= 15 is 0 Å². The predicted molar refractivity (Wildman–Crippen MR) is 25.0 cm³/mol. The number of halogens is 1. The Kier molecular flexibility index (Phi) is 6.65. The molecular formula is C4H9FO3. The average Bonchev–Trinajstić information content (AvgIpc) is 1.81. The van der Waals surface area contributed by atoms with Gasteiger partial charge in [-0.25, -0.2) is 0 Å². The van der Waals surface area contributed by atoms with Gasteiger partial charge in [-0.1, -0.05) is 0 Å². The van der Waals surface area contributed by atoms with Crippen molar-refractivity contribution in [2.45, 2.75) is 0 Å². The summed E-state index contributed by atoms with van der Waals surface area (Å²) in [5.74, 6) is 0. The van der Waals surface area contributed by atoms with Crippen LogP contribution in [0.2, 0.25) is 0 Å². The average molecular weight is 124 g/mol. The Morgan fingerprint density at radius 1 is 1.25 bits per heavy atom. The second-order valence-corrected chi connectivity index (χ2v) is 1.15. The fourth-order valence-electron chi connectivity index (χ4n) is 0.257. The van der Waals surface area contributed by atoms with E-state index in [2.05, 4.69) is 9.68 Å². The Morgan fingerprint density at radius 2 is 2.00 bits per heavy atom. The quantitative estimate of drug-likeness (QED) is 0.520. The molecule has 1 N–H and O–H groups in total. The van der Waals surface area contributed by atoms with Gasteiger partial charge in [0.25, 0.3) is 0 Å². The first-order valence-electron chi connectivity index (χ1n) is 2.34. The predicted octanol–water partition coefficient (Wildman–Crippen LogP) is -0.104.